The minimum absolute atomic E-state index is 0.0357. The number of nitrogens with two attached hydrogens (primary N) is 1. The molecule has 1 aromatic carbocycles. The van der Waals surface area contributed by atoms with Crippen molar-refractivity contribution in [1.29, 1.82) is 0 Å². The van der Waals surface area contributed by atoms with Gasteiger partial charge < -0.3 is 15.4 Å². The van der Waals surface area contributed by atoms with Gasteiger partial charge in [0, 0.05) is 16.6 Å². The van der Waals surface area contributed by atoms with Crippen LogP contribution in [0, 0.1) is 5.92 Å². The van der Waals surface area contributed by atoms with E-state index in [-0.39, 0.29) is 17.9 Å². The second-order valence-electron chi connectivity index (χ2n) is 5.35. The Morgan fingerprint density at radius 1 is 1.27 bits per heavy atom. The fourth-order valence-corrected chi connectivity index (χ4v) is 2.78. The van der Waals surface area contributed by atoms with Gasteiger partial charge in [0.1, 0.15) is 5.75 Å². The lowest BCUT2D eigenvalue weighted by atomic mass is 10.0. The molecule has 5 heteroatoms. The van der Waals surface area contributed by atoms with Gasteiger partial charge >= 0.3 is 0 Å². The largest absolute Gasteiger partial charge is 0.497 e. The van der Waals surface area contributed by atoms with E-state index in [2.05, 4.69) is 0 Å². The zero-order valence-corrected chi connectivity index (χ0v) is 14.0. The highest BCUT2D eigenvalue weighted by Gasteiger charge is 2.25. The summed E-state index contributed by atoms with van der Waals surface area (Å²) in [5.41, 5.74) is 6.76. The van der Waals surface area contributed by atoms with Gasteiger partial charge in [0.05, 0.1) is 19.6 Å². The zero-order valence-electron chi connectivity index (χ0n) is 13.2. The number of carbonyl (C=O) groups excluding carboxylic acids is 1. The van der Waals surface area contributed by atoms with E-state index in [4.69, 9.17) is 10.5 Å². The van der Waals surface area contributed by atoms with E-state index in [0.29, 0.717) is 6.54 Å². The highest BCUT2D eigenvalue weighted by Crippen LogP contribution is 2.24. The van der Waals surface area contributed by atoms with Gasteiger partial charge in [0.2, 0.25) is 5.91 Å². The van der Waals surface area contributed by atoms with Gasteiger partial charge in [0.15, 0.2) is 0 Å². The standard InChI is InChI=1S/C17H22N2O2S/c1-12(13(2)18)17(20)19(11-16-5-4-10-22-16)14-6-8-15(21-3)9-7-14/h4-10,12-13H,11,18H2,1-3H3. The van der Waals surface area contributed by atoms with Crippen molar-refractivity contribution in [3.8, 4) is 5.75 Å². The number of anilines is 1. The van der Waals surface area contributed by atoms with Crippen LogP contribution in [0.5, 0.6) is 5.75 Å². The van der Waals surface area contributed by atoms with Crippen LogP contribution in [0.25, 0.3) is 0 Å². The monoisotopic (exact) mass is 318 g/mol. The Balaban J connectivity index is 2.29. The second kappa shape index (κ2) is 7.42. The summed E-state index contributed by atoms with van der Waals surface area (Å²) in [7, 11) is 1.63. The lowest BCUT2D eigenvalue weighted by Gasteiger charge is -2.27. The first-order valence-corrected chi connectivity index (χ1v) is 8.14. The number of ether oxygens (including phenoxy) is 1. The van der Waals surface area contributed by atoms with Crippen LogP contribution in [-0.4, -0.2) is 19.1 Å². The van der Waals surface area contributed by atoms with Crippen molar-refractivity contribution in [3.63, 3.8) is 0 Å². The van der Waals surface area contributed by atoms with Crippen LogP contribution in [0.1, 0.15) is 18.7 Å². The Morgan fingerprint density at radius 2 is 1.95 bits per heavy atom. The van der Waals surface area contributed by atoms with Gasteiger partial charge in [-0.15, -0.1) is 11.3 Å². The Kier molecular flexibility index (Phi) is 5.57. The Hall–Kier alpha value is -1.85. The maximum atomic E-state index is 12.8. The highest BCUT2D eigenvalue weighted by molar-refractivity contribution is 7.09. The summed E-state index contributed by atoms with van der Waals surface area (Å²) in [6, 6.07) is 11.4. The summed E-state index contributed by atoms with van der Waals surface area (Å²) < 4.78 is 5.18. The number of hydrogen-bond acceptors (Lipinski definition) is 4. The number of hydrogen-bond donors (Lipinski definition) is 1. The molecule has 0 aliphatic rings. The van der Waals surface area contributed by atoms with Crippen LogP contribution < -0.4 is 15.4 Å². The van der Waals surface area contributed by atoms with E-state index >= 15 is 0 Å². The fraction of sp³-hybridized carbons (Fsp3) is 0.353. The number of amides is 1. The van der Waals surface area contributed by atoms with Crippen molar-refractivity contribution >= 4 is 22.9 Å². The second-order valence-corrected chi connectivity index (χ2v) is 6.38. The average Bonchev–Trinajstić information content (AvgIpc) is 3.04. The van der Waals surface area contributed by atoms with Crippen LogP contribution in [0.4, 0.5) is 5.69 Å². The highest BCUT2D eigenvalue weighted by atomic mass is 32.1. The van der Waals surface area contributed by atoms with E-state index in [1.807, 2.05) is 55.6 Å². The van der Waals surface area contributed by atoms with Gasteiger partial charge in [-0.1, -0.05) is 13.0 Å². The van der Waals surface area contributed by atoms with E-state index in [9.17, 15) is 4.79 Å². The molecule has 2 atom stereocenters. The third kappa shape index (κ3) is 3.87. The predicted octanol–water partition coefficient (Wildman–Crippen LogP) is 3.27. The van der Waals surface area contributed by atoms with Crippen LogP contribution in [0.3, 0.4) is 0 Å². The van der Waals surface area contributed by atoms with Crippen molar-refractivity contribution < 1.29 is 9.53 Å². The molecule has 0 aliphatic heterocycles. The molecule has 0 saturated carbocycles. The minimum atomic E-state index is -0.234. The average molecular weight is 318 g/mol. The molecule has 0 fully saturated rings. The lowest BCUT2D eigenvalue weighted by Crippen LogP contribution is -2.41. The van der Waals surface area contributed by atoms with E-state index in [0.717, 1.165) is 16.3 Å². The summed E-state index contributed by atoms with van der Waals surface area (Å²) in [5, 5.41) is 2.01. The van der Waals surface area contributed by atoms with Gasteiger partial charge in [-0.25, -0.2) is 0 Å². The smallest absolute Gasteiger partial charge is 0.231 e. The lowest BCUT2D eigenvalue weighted by molar-refractivity contribution is -0.122. The Morgan fingerprint density at radius 3 is 2.45 bits per heavy atom. The minimum Gasteiger partial charge on any atom is -0.497 e. The van der Waals surface area contributed by atoms with Crippen molar-refractivity contribution in [2.45, 2.75) is 26.4 Å². The van der Waals surface area contributed by atoms with Crippen LogP contribution in [0.2, 0.25) is 0 Å². The number of nitrogens with zero attached hydrogens (tertiary/aromatic N) is 1. The van der Waals surface area contributed by atoms with Crippen molar-refractivity contribution in [2.24, 2.45) is 11.7 Å². The molecule has 22 heavy (non-hydrogen) atoms. The molecule has 0 saturated heterocycles. The molecule has 2 unspecified atom stereocenters. The maximum Gasteiger partial charge on any atom is 0.231 e. The summed E-state index contributed by atoms with van der Waals surface area (Å²) in [5.74, 6) is 0.572. The molecule has 0 radical (unpaired) electrons. The summed E-state index contributed by atoms with van der Waals surface area (Å²) >= 11 is 1.64. The molecule has 0 spiro atoms. The first-order chi connectivity index (χ1) is 10.5. The van der Waals surface area contributed by atoms with Gasteiger partial charge in [0.25, 0.3) is 0 Å². The van der Waals surface area contributed by atoms with Crippen LogP contribution >= 0.6 is 11.3 Å². The quantitative estimate of drug-likeness (QED) is 0.889. The molecule has 2 rings (SSSR count). The molecule has 0 bridgehead atoms. The number of thiophene rings is 1. The van der Waals surface area contributed by atoms with E-state index < -0.39 is 0 Å². The van der Waals surface area contributed by atoms with Gasteiger partial charge in [-0.3, -0.25) is 4.79 Å². The first kappa shape index (κ1) is 16.5. The first-order valence-electron chi connectivity index (χ1n) is 7.26. The molecule has 1 heterocycles. The molecule has 0 aliphatic carbocycles. The zero-order chi connectivity index (χ0) is 16.1. The Bertz CT molecular complexity index is 594. The molecule has 1 aromatic heterocycles. The van der Waals surface area contributed by atoms with Gasteiger partial charge in [-0.2, -0.15) is 0 Å². The normalized spacial score (nSPS) is 13.5. The maximum absolute atomic E-state index is 12.8. The van der Waals surface area contributed by atoms with Gasteiger partial charge in [-0.05, 0) is 42.6 Å². The number of benzene rings is 1. The van der Waals surface area contributed by atoms with E-state index in [1.165, 1.54) is 0 Å². The topological polar surface area (TPSA) is 55.6 Å². The Labute approximate surface area is 135 Å². The molecule has 1 amide bonds. The number of carbonyl (C=O) groups is 1. The van der Waals surface area contributed by atoms with Crippen LogP contribution in [0.15, 0.2) is 41.8 Å². The SMILES string of the molecule is COc1ccc(N(Cc2cccs2)C(=O)C(C)C(C)N)cc1. The number of rotatable bonds is 6. The summed E-state index contributed by atoms with van der Waals surface area (Å²) in [6.07, 6.45) is 0. The molecule has 118 valence electrons. The fourth-order valence-electron chi connectivity index (χ4n) is 2.09. The molecule has 4 nitrogen and oxygen atoms in total. The molecular weight excluding hydrogens is 296 g/mol. The predicted molar refractivity (Wildman–Crippen MR) is 91.3 cm³/mol. The molecule has 2 aromatic rings. The third-order valence-electron chi connectivity index (χ3n) is 3.72. The van der Waals surface area contributed by atoms with Crippen LogP contribution in [-0.2, 0) is 11.3 Å². The van der Waals surface area contributed by atoms with E-state index in [1.54, 1.807) is 23.3 Å². The number of methoxy groups -OCH3 is 1. The van der Waals surface area contributed by atoms with Crippen molar-refractivity contribution in [3.05, 3.63) is 46.7 Å². The van der Waals surface area contributed by atoms with Crippen molar-refractivity contribution in [1.82, 2.24) is 0 Å². The third-order valence-corrected chi connectivity index (χ3v) is 4.58. The summed E-state index contributed by atoms with van der Waals surface area (Å²) in [4.78, 5) is 15.7. The molecule has 2 N–H and O–H groups in total. The van der Waals surface area contributed by atoms with Crippen molar-refractivity contribution in [2.75, 3.05) is 12.0 Å². The molecular formula is C17H22N2O2S. The summed E-state index contributed by atoms with van der Waals surface area (Å²) in [6.45, 7) is 4.29.